The number of methoxy groups -OCH3 is 1. The number of aromatic nitrogens is 2. The Bertz CT molecular complexity index is 522. The summed E-state index contributed by atoms with van der Waals surface area (Å²) in [7, 11) is 3.36. The summed E-state index contributed by atoms with van der Waals surface area (Å²) in [5.74, 6) is -0.0146. The van der Waals surface area contributed by atoms with E-state index in [2.05, 4.69) is 15.5 Å². The Balaban J connectivity index is 1.89. The van der Waals surface area contributed by atoms with Gasteiger partial charge in [0.05, 0.1) is 13.2 Å². The molecule has 1 saturated heterocycles. The predicted octanol–water partition coefficient (Wildman–Crippen LogP) is 0.254. The zero-order chi connectivity index (χ0) is 15.9. The largest absolute Gasteiger partial charge is 0.383 e. The summed E-state index contributed by atoms with van der Waals surface area (Å²) in [6.07, 6.45) is 2.48. The molecular weight excluding hydrogens is 306 g/mol. The van der Waals surface area contributed by atoms with Crippen LogP contribution in [0.4, 0.5) is 10.3 Å². The number of likely N-dealkylation sites (N-methyl/N-ethyl adjacent to an activating group) is 1. The van der Waals surface area contributed by atoms with Gasteiger partial charge in [-0.15, -0.1) is 10.2 Å². The van der Waals surface area contributed by atoms with Crippen molar-refractivity contribution < 1.29 is 14.3 Å². The van der Waals surface area contributed by atoms with E-state index in [-0.39, 0.29) is 18.4 Å². The molecule has 0 radical (unpaired) electrons. The van der Waals surface area contributed by atoms with Crippen LogP contribution in [-0.2, 0) is 14.3 Å². The summed E-state index contributed by atoms with van der Waals surface area (Å²) in [6.45, 7) is 1.84. The number of piperidine rings is 1. The van der Waals surface area contributed by atoms with Crippen LogP contribution in [0.15, 0.2) is 0 Å². The topological polar surface area (TPSA) is 87.7 Å². The van der Waals surface area contributed by atoms with E-state index in [1.807, 2.05) is 0 Å². The molecule has 0 saturated carbocycles. The Labute approximate surface area is 133 Å². The maximum atomic E-state index is 11.9. The van der Waals surface area contributed by atoms with Crippen molar-refractivity contribution in [3.63, 3.8) is 0 Å². The van der Waals surface area contributed by atoms with Gasteiger partial charge in [-0.2, -0.15) is 0 Å². The number of ether oxygens (including phenoxy) is 1. The Morgan fingerprint density at radius 2 is 2.27 bits per heavy atom. The lowest BCUT2D eigenvalue weighted by molar-refractivity contribution is -0.120. The van der Waals surface area contributed by atoms with Crippen LogP contribution in [0.5, 0.6) is 0 Å². The smallest absolute Gasteiger partial charge is 0.239 e. The fourth-order valence-electron chi connectivity index (χ4n) is 2.11. The van der Waals surface area contributed by atoms with Gasteiger partial charge in [-0.3, -0.25) is 14.5 Å². The highest BCUT2D eigenvalue weighted by Crippen LogP contribution is 2.28. The molecule has 0 atom stereocenters. The molecule has 1 N–H and O–H groups in total. The van der Waals surface area contributed by atoms with E-state index in [1.165, 1.54) is 11.3 Å². The van der Waals surface area contributed by atoms with E-state index in [0.717, 1.165) is 12.8 Å². The van der Waals surface area contributed by atoms with Gasteiger partial charge >= 0.3 is 0 Å². The van der Waals surface area contributed by atoms with Crippen molar-refractivity contribution >= 4 is 33.4 Å². The number of hydrogen-bond donors (Lipinski definition) is 1. The SMILES string of the molecule is COCCNC(=O)CN(C)c1nnc(N2CCCCC2=O)s1. The molecular formula is C13H21N5O3S. The first-order chi connectivity index (χ1) is 10.6. The Hall–Kier alpha value is -1.74. The van der Waals surface area contributed by atoms with Gasteiger partial charge in [0.2, 0.25) is 22.1 Å². The molecule has 0 bridgehead atoms. The summed E-state index contributed by atoms with van der Waals surface area (Å²) in [5, 5.41) is 12.1. The van der Waals surface area contributed by atoms with Crippen molar-refractivity contribution in [2.24, 2.45) is 0 Å². The Morgan fingerprint density at radius 3 is 3.00 bits per heavy atom. The minimum absolute atomic E-state index is 0.0916. The molecule has 1 aromatic heterocycles. The van der Waals surface area contributed by atoms with E-state index >= 15 is 0 Å². The highest BCUT2D eigenvalue weighted by Gasteiger charge is 2.23. The van der Waals surface area contributed by atoms with Gasteiger partial charge in [0.15, 0.2) is 0 Å². The average molecular weight is 327 g/mol. The number of rotatable bonds is 7. The molecule has 122 valence electrons. The summed E-state index contributed by atoms with van der Waals surface area (Å²) in [5.41, 5.74) is 0. The number of amides is 2. The number of anilines is 2. The minimum Gasteiger partial charge on any atom is -0.383 e. The molecule has 2 heterocycles. The highest BCUT2D eigenvalue weighted by molar-refractivity contribution is 7.19. The average Bonchev–Trinajstić information content (AvgIpc) is 2.97. The molecule has 1 fully saturated rings. The van der Waals surface area contributed by atoms with Crippen LogP contribution < -0.4 is 15.1 Å². The van der Waals surface area contributed by atoms with Crippen LogP contribution in [0.25, 0.3) is 0 Å². The third kappa shape index (κ3) is 4.38. The molecule has 8 nitrogen and oxygen atoms in total. The standard InChI is InChI=1S/C13H21N5O3S/c1-17(9-10(19)14-6-8-21-2)12-15-16-13(22-12)18-7-4-3-5-11(18)20/h3-9H2,1-2H3,(H,14,19). The van der Waals surface area contributed by atoms with Crippen molar-refractivity contribution in [1.82, 2.24) is 15.5 Å². The minimum atomic E-state index is -0.106. The fraction of sp³-hybridized carbons (Fsp3) is 0.692. The molecule has 0 aromatic carbocycles. The second-order valence-electron chi connectivity index (χ2n) is 5.07. The van der Waals surface area contributed by atoms with Crippen LogP contribution >= 0.6 is 11.3 Å². The van der Waals surface area contributed by atoms with Gasteiger partial charge in [-0.25, -0.2) is 0 Å². The second kappa shape index (κ2) is 8.04. The Morgan fingerprint density at radius 1 is 1.45 bits per heavy atom. The number of hydrogen-bond acceptors (Lipinski definition) is 7. The maximum absolute atomic E-state index is 11.9. The van der Waals surface area contributed by atoms with E-state index in [4.69, 9.17) is 4.74 Å². The number of carbonyl (C=O) groups is 2. The van der Waals surface area contributed by atoms with E-state index in [0.29, 0.717) is 36.4 Å². The van der Waals surface area contributed by atoms with Crippen molar-refractivity contribution in [3.05, 3.63) is 0 Å². The van der Waals surface area contributed by atoms with Crippen LogP contribution in [0.2, 0.25) is 0 Å². The predicted molar refractivity (Wildman–Crippen MR) is 84.3 cm³/mol. The second-order valence-corrected chi connectivity index (χ2v) is 6.00. The van der Waals surface area contributed by atoms with Gasteiger partial charge in [0, 0.05) is 33.7 Å². The van der Waals surface area contributed by atoms with Gasteiger partial charge in [0.1, 0.15) is 0 Å². The monoisotopic (exact) mass is 327 g/mol. The zero-order valence-electron chi connectivity index (χ0n) is 12.9. The van der Waals surface area contributed by atoms with E-state index in [9.17, 15) is 9.59 Å². The van der Waals surface area contributed by atoms with Gasteiger partial charge in [-0.05, 0) is 12.8 Å². The summed E-state index contributed by atoms with van der Waals surface area (Å²) in [4.78, 5) is 27.0. The quantitative estimate of drug-likeness (QED) is 0.723. The zero-order valence-corrected chi connectivity index (χ0v) is 13.7. The molecule has 9 heteroatoms. The van der Waals surface area contributed by atoms with Crippen molar-refractivity contribution in [2.75, 3.05) is 50.2 Å². The van der Waals surface area contributed by atoms with Crippen molar-refractivity contribution in [3.8, 4) is 0 Å². The molecule has 2 rings (SSSR count). The van der Waals surface area contributed by atoms with Crippen LogP contribution in [0, 0.1) is 0 Å². The number of carbonyl (C=O) groups excluding carboxylic acids is 2. The van der Waals surface area contributed by atoms with E-state index < -0.39 is 0 Å². The van der Waals surface area contributed by atoms with Crippen LogP contribution in [0.3, 0.4) is 0 Å². The van der Waals surface area contributed by atoms with Crippen molar-refractivity contribution in [2.45, 2.75) is 19.3 Å². The van der Waals surface area contributed by atoms with Gasteiger partial charge in [-0.1, -0.05) is 11.3 Å². The summed E-state index contributed by atoms with van der Waals surface area (Å²) >= 11 is 1.33. The molecule has 1 aromatic rings. The lowest BCUT2D eigenvalue weighted by atomic mass is 10.1. The lowest BCUT2D eigenvalue weighted by Crippen LogP contribution is -2.36. The molecule has 2 amide bonds. The first kappa shape index (κ1) is 16.6. The molecule has 1 aliphatic rings. The number of nitrogens with zero attached hydrogens (tertiary/aromatic N) is 4. The normalized spacial score (nSPS) is 15.0. The molecule has 1 aliphatic heterocycles. The molecule has 22 heavy (non-hydrogen) atoms. The lowest BCUT2D eigenvalue weighted by Gasteiger charge is -2.23. The van der Waals surface area contributed by atoms with Crippen LogP contribution in [0.1, 0.15) is 19.3 Å². The highest BCUT2D eigenvalue weighted by atomic mass is 32.1. The molecule has 0 spiro atoms. The van der Waals surface area contributed by atoms with Crippen LogP contribution in [-0.4, -0.2) is 62.4 Å². The summed E-state index contributed by atoms with van der Waals surface area (Å²) in [6, 6.07) is 0. The van der Waals surface area contributed by atoms with E-state index in [1.54, 1.807) is 24.0 Å². The first-order valence-electron chi connectivity index (χ1n) is 7.22. The third-order valence-corrected chi connectivity index (χ3v) is 4.35. The van der Waals surface area contributed by atoms with Gasteiger partial charge in [0.25, 0.3) is 0 Å². The first-order valence-corrected chi connectivity index (χ1v) is 8.04. The third-order valence-electron chi connectivity index (χ3n) is 3.29. The van der Waals surface area contributed by atoms with Gasteiger partial charge < -0.3 is 15.0 Å². The summed E-state index contributed by atoms with van der Waals surface area (Å²) < 4.78 is 4.88. The number of nitrogens with one attached hydrogen (secondary N) is 1. The maximum Gasteiger partial charge on any atom is 0.239 e. The van der Waals surface area contributed by atoms with Crippen molar-refractivity contribution in [1.29, 1.82) is 0 Å². The molecule has 0 unspecified atom stereocenters. The molecule has 0 aliphatic carbocycles. The Kier molecular flexibility index (Phi) is 6.08. The fourth-order valence-corrected chi connectivity index (χ4v) is 2.96.